The number of hydrogen-bond acceptors (Lipinski definition) is 5. The average molecular weight is 345 g/mol. The van der Waals surface area contributed by atoms with Crippen LogP contribution in [0.25, 0.3) is 0 Å². The molecule has 0 unspecified atom stereocenters. The van der Waals surface area contributed by atoms with Crippen molar-refractivity contribution in [1.82, 2.24) is 10.3 Å². The van der Waals surface area contributed by atoms with Crippen LogP contribution in [0.4, 0.5) is 0 Å². The Morgan fingerprint density at radius 2 is 2.12 bits per heavy atom. The molecule has 2 rings (SSSR count). The number of carbonyl (C=O) groups is 2. The van der Waals surface area contributed by atoms with E-state index < -0.39 is 5.91 Å². The van der Waals surface area contributed by atoms with Gasteiger partial charge in [0.25, 0.3) is 5.91 Å². The molecule has 126 valence electrons. The molecular weight excluding hydrogens is 326 g/mol. The minimum absolute atomic E-state index is 0.0771. The molecule has 2 amide bonds. The van der Waals surface area contributed by atoms with Gasteiger partial charge in [0.05, 0.1) is 17.9 Å². The largest absolute Gasteiger partial charge is 0.492 e. The normalized spacial score (nSPS) is 10.2. The molecule has 0 aliphatic carbocycles. The van der Waals surface area contributed by atoms with Gasteiger partial charge >= 0.3 is 0 Å². The first-order valence-electron chi connectivity index (χ1n) is 7.40. The topological polar surface area (TPSA) is 94.3 Å². The van der Waals surface area contributed by atoms with Gasteiger partial charge in [-0.1, -0.05) is 23.9 Å². The van der Waals surface area contributed by atoms with Gasteiger partial charge in [0, 0.05) is 6.20 Å². The number of thioether (sulfide) groups is 1. The zero-order chi connectivity index (χ0) is 17.4. The fourth-order valence-corrected chi connectivity index (χ4v) is 2.68. The summed E-state index contributed by atoms with van der Waals surface area (Å²) in [4.78, 5) is 27.2. The molecule has 0 saturated heterocycles. The predicted octanol–water partition coefficient (Wildman–Crippen LogP) is 1.78. The molecule has 1 heterocycles. The van der Waals surface area contributed by atoms with Crippen LogP contribution < -0.4 is 15.8 Å². The number of pyridine rings is 1. The highest BCUT2D eigenvalue weighted by Gasteiger charge is 2.13. The van der Waals surface area contributed by atoms with E-state index in [1.807, 2.05) is 31.2 Å². The molecule has 0 aliphatic heterocycles. The highest BCUT2D eigenvalue weighted by atomic mass is 32.2. The van der Waals surface area contributed by atoms with Crippen LogP contribution in [0.3, 0.4) is 0 Å². The van der Waals surface area contributed by atoms with Gasteiger partial charge in [0.15, 0.2) is 0 Å². The highest BCUT2D eigenvalue weighted by Crippen LogP contribution is 2.19. The summed E-state index contributed by atoms with van der Waals surface area (Å²) in [6, 6.07) is 11.0. The number of benzene rings is 1. The second-order valence-electron chi connectivity index (χ2n) is 5.03. The fraction of sp³-hybridized carbons (Fsp3) is 0.235. The van der Waals surface area contributed by atoms with E-state index in [9.17, 15) is 9.59 Å². The Bertz CT molecular complexity index is 722. The molecule has 0 saturated carbocycles. The number of nitrogens with zero attached hydrogens (tertiary/aromatic N) is 1. The van der Waals surface area contributed by atoms with Crippen molar-refractivity contribution in [3.8, 4) is 5.75 Å². The quantitative estimate of drug-likeness (QED) is 0.562. The van der Waals surface area contributed by atoms with E-state index >= 15 is 0 Å². The molecule has 1 aromatic heterocycles. The lowest BCUT2D eigenvalue weighted by molar-refractivity contribution is -0.115. The van der Waals surface area contributed by atoms with E-state index in [0.29, 0.717) is 23.7 Å². The molecular formula is C17H19N3O3S. The highest BCUT2D eigenvalue weighted by molar-refractivity contribution is 8.00. The Morgan fingerprint density at radius 3 is 2.88 bits per heavy atom. The van der Waals surface area contributed by atoms with E-state index in [-0.39, 0.29) is 11.7 Å². The van der Waals surface area contributed by atoms with Crippen molar-refractivity contribution in [2.45, 2.75) is 11.9 Å². The van der Waals surface area contributed by atoms with Crippen LogP contribution in [0, 0.1) is 6.92 Å². The number of rotatable bonds is 8. The van der Waals surface area contributed by atoms with Gasteiger partial charge in [-0.15, -0.1) is 0 Å². The van der Waals surface area contributed by atoms with Gasteiger partial charge in [0.2, 0.25) is 5.91 Å². The summed E-state index contributed by atoms with van der Waals surface area (Å²) < 4.78 is 5.59. The maximum absolute atomic E-state index is 12.2. The fourth-order valence-electron chi connectivity index (χ4n) is 1.95. The Morgan fingerprint density at radius 1 is 1.29 bits per heavy atom. The minimum atomic E-state index is -0.455. The van der Waals surface area contributed by atoms with Gasteiger partial charge < -0.3 is 15.8 Å². The molecule has 0 radical (unpaired) electrons. The third-order valence-corrected chi connectivity index (χ3v) is 4.04. The molecule has 3 N–H and O–H groups in total. The van der Waals surface area contributed by atoms with Crippen molar-refractivity contribution in [3.05, 3.63) is 53.7 Å². The second-order valence-corrected chi connectivity index (χ2v) is 6.00. The zero-order valence-corrected chi connectivity index (χ0v) is 14.1. The number of nitrogens with one attached hydrogen (secondary N) is 1. The lowest BCUT2D eigenvalue weighted by Gasteiger charge is -2.10. The van der Waals surface area contributed by atoms with Gasteiger partial charge in [-0.05, 0) is 36.8 Å². The van der Waals surface area contributed by atoms with Gasteiger partial charge in [-0.3, -0.25) is 9.59 Å². The lowest BCUT2D eigenvalue weighted by Crippen LogP contribution is -2.28. The molecule has 0 atom stereocenters. The number of hydrogen-bond donors (Lipinski definition) is 2. The van der Waals surface area contributed by atoms with E-state index in [1.165, 1.54) is 0 Å². The number of ether oxygens (including phenoxy) is 1. The van der Waals surface area contributed by atoms with E-state index in [2.05, 4.69) is 10.3 Å². The van der Waals surface area contributed by atoms with Crippen molar-refractivity contribution in [1.29, 1.82) is 0 Å². The van der Waals surface area contributed by atoms with Gasteiger partial charge in [-0.2, -0.15) is 0 Å². The summed E-state index contributed by atoms with van der Waals surface area (Å²) in [6.45, 7) is 2.71. The molecule has 1 aromatic carbocycles. The summed E-state index contributed by atoms with van der Waals surface area (Å²) in [5.74, 6) is 0.128. The molecule has 0 bridgehead atoms. The van der Waals surface area contributed by atoms with Crippen molar-refractivity contribution in [2.24, 2.45) is 5.73 Å². The third-order valence-electron chi connectivity index (χ3n) is 3.01. The smallest absolute Gasteiger partial charge is 0.254 e. The summed E-state index contributed by atoms with van der Waals surface area (Å²) in [6.07, 6.45) is 1.57. The van der Waals surface area contributed by atoms with E-state index in [1.54, 1.807) is 18.3 Å². The van der Waals surface area contributed by atoms with Crippen LogP contribution in [-0.2, 0) is 4.79 Å². The van der Waals surface area contributed by atoms with Crippen LogP contribution in [-0.4, -0.2) is 35.7 Å². The number of primary amides is 1. The Kier molecular flexibility index (Phi) is 6.62. The average Bonchev–Trinajstić information content (AvgIpc) is 2.57. The maximum Gasteiger partial charge on any atom is 0.254 e. The number of nitrogens with two attached hydrogens (primary N) is 1. The van der Waals surface area contributed by atoms with E-state index in [0.717, 1.165) is 23.1 Å². The first-order chi connectivity index (χ1) is 11.6. The molecule has 6 nitrogen and oxygen atoms in total. The summed E-state index contributed by atoms with van der Waals surface area (Å²) in [7, 11) is 0. The maximum atomic E-state index is 12.2. The predicted molar refractivity (Wildman–Crippen MR) is 93.2 cm³/mol. The number of carbonyl (C=O) groups excluding carboxylic acids is 2. The van der Waals surface area contributed by atoms with Crippen molar-refractivity contribution < 1.29 is 14.3 Å². The van der Waals surface area contributed by atoms with Crippen molar-refractivity contribution in [3.63, 3.8) is 0 Å². The standard InChI is InChI=1S/C17H19N3O3S/c1-12-4-2-5-13(10-12)23-9-8-19-16(22)14-6-3-7-20-17(14)24-11-15(18)21/h2-7,10H,8-9,11H2,1H3,(H2,18,21)(H,19,22). The lowest BCUT2D eigenvalue weighted by atomic mass is 10.2. The molecule has 0 fully saturated rings. The van der Waals surface area contributed by atoms with Crippen LogP contribution in [0.1, 0.15) is 15.9 Å². The van der Waals surface area contributed by atoms with E-state index in [4.69, 9.17) is 10.5 Å². The molecule has 0 spiro atoms. The number of aryl methyl sites for hydroxylation is 1. The SMILES string of the molecule is Cc1cccc(OCCNC(=O)c2cccnc2SCC(N)=O)c1. The van der Waals surface area contributed by atoms with Crippen LogP contribution in [0.2, 0.25) is 0 Å². The number of amides is 2. The monoisotopic (exact) mass is 345 g/mol. The van der Waals surface area contributed by atoms with Gasteiger partial charge in [0.1, 0.15) is 17.4 Å². The first kappa shape index (κ1) is 17.8. The molecule has 2 aromatic rings. The summed E-state index contributed by atoms with van der Waals surface area (Å²) >= 11 is 1.14. The minimum Gasteiger partial charge on any atom is -0.492 e. The second kappa shape index (κ2) is 8.93. The zero-order valence-electron chi connectivity index (χ0n) is 13.3. The van der Waals surface area contributed by atoms with Crippen LogP contribution >= 0.6 is 11.8 Å². The molecule has 7 heteroatoms. The molecule has 0 aliphatic rings. The number of aromatic nitrogens is 1. The van der Waals surface area contributed by atoms with Gasteiger partial charge in [-0.25, -0.2) is 4.98 Å². The van der Waals surface area contributed by atoms with Crippen LogP contribution in [0.15, 0.2) is 47.6 Å². The Labute approximate surface area is 144 Å². The Hall–Kier alpha value is -2.54. The summed E-state index contributed by atoms with van der Waals surface area (Å²) in [5, 5.41) is 3.26. The van der Waals surface area contributed by atoms with Crippen molar-refractivity contribution in [2.75, 3.05) is 18.9 Å². The first-order valence-corrected chi connectivity index (χ1v) is 8.38. The Balaban J connectivity index is 1.85. The van der Waals surface area contributed by atoms with Crippen LogP contribution in [0.5, 0.6) is 5.75 Å². The van der Waals surface area contributed by atoms with Crippen molar-refractivity contribution >= 4 is 23.6 Å². The molecule has 24 heavy (non-hydrogen) atoms. The summed E-state index contributed by atoms with van der Waals surface area (Å²) in [5.41, 5.74) is 6.66. The third kappa shape index (κ3) is 5.58.